The summed E-state index contributed by atoms with van der Waals surface area (Å²) in [5.74, 6) is -0.349. The molecule has 7 heteroatoms. The Kier molecular flexibility index (Phi) is 5.92. The predicted molar refractivity (Wildman–Crippen MR) is 106 cm³/mol. The lowest BCUT2D eigenvalue weighted by molar-refractivity contribution is 0.0888. The molecule has 0 bridgehead atoms. The maximum Gasteiger partial charge on any atom is 0.407 e. The highest BCUT2D eigenvalue weighted by Crippen LogP contribution is 2.30. The zero-order chi connectivity index (χ0) is 19.6. The first-order valence-corrected chi connectivity index (χ1v) is 9.41. The van der Waals surface area contributed by atoms with Gasteiger partial charge in [0.15, 0.2) is 0 Å². The molecule has 1 aliphatic rings. The Labute approximate surface area is 167 Å². The molecule has 2 aromatic carbocycles. The van der Waals surface area contributed by atoms with Crippen molar-refractivity contribution in [3.05, 3.63) is 69.2 Å². The van der Waals surface area contributed by atoms with E-state index in [9.17, 15) is 14.7 Å². The van der Waals surface area contributed by atoms with Gasteiger partial charge in [-0.1, -0.05) is 35.3 Å². The van der Waals surface area contributed by atoms with Gasteiger partial charge in [-0.05, 0) is 54.8 Å². The Balaban J connectivity index is 1.84. The normalized spacial score (nSPS) is 19.6. The van der Waals surface area contributed by atoms with Crippen molar-refractivity contribution in [2.24, 2.45) is 0 Å². The third-order valence-electron chi connectivity index (χ3n) is 4.92. The Hall–Kier alpha value is -2.24. The minimum atomic E-state index is -0.951. The summed E-state index contributed by atoms with van der Waals surface area (Å²) in [7, 11) is 0. The number of nitrogens with one attached hydrogen (secondary N) is 1. The van der Waals surface area contributed by atoms with Gasteiger partial charge < -0.3 is 15.3 Å². The minimum absolute atomic E-state index is 0.151. The maximum atomic E-state index is 12.6. The molecule has 2 N–H and O–H groups in total. The Morgan fingerprint density at radius 3 is 2.48 bits per heavy atom. The van der Waals surface area contributed by atoms with Crippen LogP contribution in [0.25, 0.3) is 0 Å². The van der Waals surface area contributed by atoms with Crippen LogP contribution < -0.4 is 5.32 Å². The van der Waals surface area contributed by atoms with Gasteiger partial charge in [-0.15, -0.1) is 0 Å². The van der Waals surface area contributed by atoms with Crippen LogP contribution in [-0.2, 0) is 0 Å². The highest BCUT2D eigenvalue weighted by molar-refractivity contribution is 6.31. The number of rotatable bonds is 3. The lowest BCUT2D eigenvalue weighted by Crippen LogP contribution is -2.51. The smallest absolute Gasteiger partial charge is 0.407 e. The number of hydrogen-bond acceptors (Lipinski definition) is 2. The molecule has 0 aromatic heterocycles. The third kappa shape index (κ3) is 4.54. The summed E-state index contributed by atoms with van der Waals surface area (Å²) >= 11 is 12.0. The van der Waals surface area contributed by atoms with Crippen molar-refractivity contribution < 1.29 is 14.7 Å². The van der Waals surface area contributed by atoms with Crippen LogP contribution in [0.15, 0.2) is 42.5 Å². The molecule has 1 saturated heterocycles. The van der Waals surface area contributed by atoms with E-state index >= 15 is 0 Å². The molecule has 2 atom stereocenters. The first-order chi connectivity index (χ1) is 12.8. The van der Waals surface area contributed by atoms with E-state index in [0.29, 0.717) is 35.1 Å². The standard InChI is InChI=1S/C20H20Cl2N2O3/c1-12-10-14(4-7-17(12)22)16-11-24(20(26)27)9-8-18(16)23-19(25)13-2-5-15(21)6-3-13/h2-7,10,16,18H,8-9,11H2,1H3,(H,23,25)(H,26,27)/t16-,18+/m0/s1. The number of nitrogens with zero attached hydrogens (tertiary/aromatic N) is 1. The first kappa shape index (κ1) is 19.5. The molecule has 2 amide bonds. The summed E-state index contributed by atoms with van der Waals surface area (Å²) in [5, 5.41) is 13.7. The molecule has 1 heterocycles. The number of piperidine rings is 1. The van der Waals surface area contributed by atoms with Crippen LogP contribution >= 0.6 is 23.2 Å². The van der Waals surface area contributed by atoms with Gasteiger partial charge in [0.05, 0.1) is 0 Å². The molecule has 0 unspecified atom stereocenters. The molecular formula is C20H20Cl2N2O3. The average Bonchev–Trinajstić information content (AvgIpc) is 2.64. The maximum absolute atomic E-state index is 12.6. The van der Waals surface area contributed by atoms with E-state index in [1.807, 2.05) is 25.1 Å². The Morgan fingerprint density at radius 2 is 1.85 bits per heavy atom. The Morgan fingerprint density at radius 1 is 1.15 bits per heavy atom. The van der Waals surface area contributed by atoms with Crippen molar-refractivity contribution in [1.29, 1.82) is 0 Å². The van der Waals surface area contributed by atoms with Gasteiger partial charge in [-0.25, -0.2) is 4.79 Å². The average molecular weight is 407 g/mol. The zero-order valence-corrected chi connectivity index (χ0v) is 16.3. The van der Waals surface area contributed by atoms with E-state index in [1.54, 1.807) is 24.3 Å². The monoisotopic (exact) mass is 406 g/mol. The van der Waals surface area contributed by atoms with Gasteiger partial charge in [0.1, 0.15) is 0 Å². The van der Waals surface area contributed by atoms with Crippen LogP contribution in [0.1, 0.15) is 33.8 Å². The van der Waals surface area contributed by atoms with Crippen molar-refractivity contribution in [3.63, 3.8) is 0 Å². The van der Waals surface area contributed by atoms with Crippen LogP contribution in [0.3, 0.4) is 0 Å². The predicted octanol–water partition coefficient (Wildman–Crippen LogP) is 4.57. The second-order valence-corrected chi connectivity index (χ2v) is 7.56. The summed E-state index contributed by atoms with van der Waals surface area (Å²) in [5.41, 5.74) is 2.40. The quantitative estimate of drug-likeness (QED) is 0.783. The molecule has 142 valence electrons. The van der Waals surface area contributed by atoms with Crippen molar-refractivity contribution >= 4 is 35.2 Å². The largest absolute Gasteiger partial charge is 0.465 e. The molecule has 0 radical (unpaired) electrons. The fourth-order valence-corrected chi connectivity index (χ4v) is 3.63. The van der Waals surface area contributed by atoms with Gasteiger partial charge in [0.2, 0.25) is 0 Å². The van der Waals surface area contributed by atoms with Crippen molar-refractivity contribution in [1.82, 2.24) is 10.2 Å². The van der Waals surface area contributed by atoms with Crippen LogP contribution in [0.2, 0.25) is 10.0 Å². The number of likely N-dealkylation sites (tertiary alicyclic amines) is 1. The number of hydrogen-bond donors (Lipinski definition) is 2. The fourth-order valence-electron chi connectivity index (χ4n) is 3.39. The number of carbonyl (C=O) groups excluding carboxylic acids is 1. The molecule has 0 saturated carbocycles. The second-order valence-electron chi connectivity index (χ2n) is 6.72. The number of carbonyl (C=O) groups is 2. The Bertz CT molecular complexity index is 855. The zero-order valence-electron chi connectivity index (χ0n) is 14.8. The molecule has 0 spiro atoms. The lowest BCUT2D eigenvalue weighted by Gasteiger charge is -2.38. The second kappa shape index (κ2) is 8.19. The number of amides is 2. The summed E-state index contributed by atoms with van der Waals surface area (Å²) in [6.07, 6.45) is -0.411. The number of carboxylic acid groups (broad SMARTS) is 1. The van der Waals surface area contributed by atoms with E-state index in [1.165, 1.54) is 4.90 Å². The van der Waals surface area contributed by atoms with Gasteiger partial charge in [0, 0.05) is 40.7 Å². The van der Waals surface area contributed by atoms with Gasteiger partial charge in [-0.3, -0.25) is 4.79 Å². The van der Waals surface area contributed by atoms with Crippen LogP contribution in [-0.4, -0.2) is 41.1 Å². The molecule has 1 aliphatic heterocycles. The van der Waals surface area contributed by atoms with Gasteiger partial charge in [-0.2, -0.15) is 0 Å². The molecule has 1 fully saturated rings. The van der Waals surface area contributed by atoms with E-state index in [0.717, 1.165) is 11.1 Å². The van der Waals surface area contributed by atoms with E-state index < -0.39 is 6.09 Å². The highest BCUT2D eigenvalue weighted by atomic mass is 35.5. The first-order valence-electron chi connectivity index (χ1n) is 8.65. The lowest BCUT2D eigenvalue weighted by atomic mass is 9.85. The van der Waals surface area contributed by atoms with E-state index in [2.05, 4.69) is 5.32 Å². The summed E-state index contributed by atoms with van der Waals surface area (Å²) < 4.78 is 0. The molecule has 3 rings (SSSR count). The molecular weight excluding hydrogens is 387 g/mol. The van der Waals surface area contributed by atoms with E-state index in [4.69, 9.17) is 23.2 Å². The number of benzene rings is 2. The summed E-state index contributed by atoms with van der Waals surface area (Å²) in [6.45, 7) is 2.61. The molecule has 27 heavy (non-hydrogen) atoms. The van der Waals surface area contributed by atoms with Gasteiger partial charge >= 0.3 is 6.09 Å². The minimum Gasteiger partial charge on any atom is -0.465 e. The van der Waals surface area contributed by atoms with Gasteiger partial charge in [0.25, 0.3) is 5.91 Å². The SMILES string of the molecule is Cc1cc([C@@H]2CN(C(=O)O)CC[C@H]2NC(=O)c2ccc(Cl)cc2)ccc1Cl. The molecule has 2 aromatic rings. The van der Waals surface area contributed by atoms with Crippen LogP contribution in [0.5, 0.6) is 0 Å². The third-order valence-corrected chi connectivity index (χ3v) is 5.59. The van der Waals surface area contributed by atoms with Crippen molar-refractivity contribution in [3.8, 4) is 0 Å². The van der Waals surface area contributed by atoms with E-state index in [-0.39, 0.29) is 17.9 Å². The van der Waals surface area contributed by atoms with Crippen LogP contribution in [0.4, 0.5) is 4.79 Å². The van der Waals surface area contributed by atoms with Crippen molar-refractivity contribution in [2.75, 3.05) is 13.1 Å². The van der Waals surface area contributed by atoms with Crippen molar-refractivity contribution in [2.45, 2.75) is 25.3 Å². The fraction of sp³-hybridized carbons (Fsp3) is 0.300. The topological polar surface area (TPSA) is 69.6 Å². The molecule has 0 aliphatic carbocycles. The summed E-state index contributed by atoms with van der Waals surface area (Å²) in [4.78, 5) is 25.5. The summed E-state index contributed by atoms with van der Waals surface area (Å²) in [6, 6.07) is 12.2. The number of halogens is 2. The molecule has 5 nitrogen and oxygen atoms in total. The number of aryl methyl sites for hydroxylation is 1. The van der Waals surface area contributed by atoms with Crippen LogP contribution in [0, 0.1) is 6.92 Å². The highest BCUT2D eigenvalue weighted by Gasteiger charge is 2.33.